The zero-order valence-electron chi connectivity index (χ0n) is 12.3. The molecule has 1 N–H and O–H groups in total. The summed E-state index contributed by atoms with van der Waals surface area (Å²) < 4.78 is 9.64. The van der Waals surface area contributed by atoms with Crippen molar-refractivity contribution in [1.82, 2.24) is 29.3 Å². The molecule has 3 heterocycles. The summed E-state index contributed by atoms with van der Waals surface area (Å²) in [6.45, 7) is 4.66. The van der Waals surface area contributed by atoms with Crippen LogP contribution in [0, 0.1) is 18.6 Å². The van der Waals surface area contributed by atoms with Gasteiger partial charge in [0.25, 0.3) is 0 Å². The molecule has 7 nitrogen and oxygen atoms in total. The number of aromatic nitrogens is 6. The first kappa shape index (κ1) is 13.7. The Morgan fingerprint density at radius 3 is 2.71 bits per heavy atom. The van der Waals surface area contributed by atoms with Gasteiger partial charge < -0.3 is 9.72 Å². The molecule has 3 rings (SSSR count). The molecule has 0 radical (unpaired) electrons. The maximum absolute atomic E-state index is 5.41. The van der Waals surface area contributed by atoms with Gasteiger partial charge in [0.1, 0.15) is 11.8 Å². The third-order valence-electron chi connectivity index (χ3n) is 3.69. The van der Waals surface area contributed by atoms with E-state index in [0.717, 1.165) is 22.6 Å². The summed E-state index contributed by atoms with van der Waals surface area (Å²) in [7, 11) is 3.51. The summed E-state index contributed by atoms with van der Waals surface area (Å²) in [5.41, 5.74) is 4.70. The minimum Gasteiger partial charge on any atom is -0.479 e. The highest BCUT2D eigenvalue weighted by Gasteiger charge is 2.15. The van der Waals surface area contributed by atoms with Crippen molar-refractivity contribution in [2.75, 3.05) is 7.11 Å². The highest BCUT2D eigenvalue weighted by Crippen LogP contribution is 2.22. The number of rotatable bonds is 3. The number of aryl methyl sites for hydroxylation is 2. The molecule has 0 bridgehead atoms. The van der Waals surface area contributed by atoms with E-state index in [1.807, 2.05) is 30.1 Å². The SMILES string of the molecule is COc1ncnc2c1[nH]c(=S)n2Cc1c(C)nn(C)c1C. The molecule has 0 saturated carbocycles. The Morgan fingerprint density at radius 1 is 1.33 bits per heavy atom. The normalized spacial score (nSPS) is 11.2. The number of hydrogen-bond acceptors (Lipinski definition) is 5. The van der Waals surface area contributed by atoms with Crippen LogP contribution in [0.1, 0.15) is 17.0 Å². The lowest BCUT2D eigenvalue weighted by Crippen LogP contribution is -2.04. The summed E-state index contributed by atoms with van der Waals surface area (Å²) >= 11 is 5.41. The second-order valence-electron chi connectivity index (χ2n) is 4.87. The van der Waals surface area contributed by atoms with Crippen LogP contribution >= 0.6 is 12.2 Å². The Kier molecular flexibility index (Phi) is 3.25. The van der Waals surface area contributed by atoms with E-state index >= 15 is 0 Å². The van der Waals surface area contributed by atoms with Crippen LogP contribution in [0.5, 0.6) is 5.88 Å². The monoisotopic (exact) mass is 304 g/mol. The zero-order valence-corrected chi connectivity index (χ0v) is 13.2. The van der Waals surface area contributed by atoms with Gasteiger partial charge in [-0.25, -0.2) is 4.98 Å². The highest BCUT2D eigenvalue weighted by atomic mass is 32.1. The molecule has 0 spiro atoms. The minimum absolute atomic E-state index is 0.490. The van der Waals surface area contributed by atoms with Crippen molar-refractivity contribution in [2.45, 2.75) is 20.4 Å². The van der Waals surface area contributed by atoms with Crippen LogP contribution < -0.4 is 4.74 Å². The summed E-state index contributed by atoms with van der Waals surface area (Å²) in [6.07, 6.45) is 1.48. The third-order valence-corrected chi connectivity index (χ3v) is 4.02. The number of methoxy groups -OCH3 is 1. The van der Waals surface area contributed by atoms with E-state index in [-0.39, 0.29) is 0 Å². The van der Waals surface area contributed by atoms with Gasteiger partial charge in [-0.3, -0.25) is 9.25 Å². The van der Waals surface area contributed by atoms with Crippen molar-refractivity contribution in [2.24, 2.45) is 7.05 Å². The van der Waals surface area contributed by atoms with Crippen LogP contribution in [0.25, 0.3) is 11.2 Å². The molecule has 110 valence electrons. The van der Waals surface area contributed by atoms with Gasteiger partial charge >= 0.3 is 0 Å². The number of ether oxygens (including phenoxy) is 1. The molecule has 3 aromatic rings. The molecule has 8 heteroatoms. The maximum atomic E-state index is 5.41. The van der Waals surface area contributed by atoms with Gasteiger partial charge in [0, 0.05) is 18.3 Å². The van der Waals surface area contributed by atoms with Crippen LogP contribution in [0.2, 0.25) is 0 Å². The van der Waals surface area contributed by atoms with E-state index in [2.05, 4.69) is 20.1 Å². The van der Waals surface area contributed by atoms with Crippen LogP contribution in [-0.2, 0) is 13.6 Å². The lowest BCUT2D eigenvalue weighted by atomic mass is 10.2. The van der Waals surface area contributed by atoms with Gasteiger partial charge in [-0.1, -0.05) is 0 Å². The predicted octanol–water partition coefficient (Wildman–Crippen LogP) is 1.90. The van der Waals surface area contributed by atoms with Crippen molar-refractivity contribution in [3.63, 3.8) is 0 Å². The van der Waals surface area contributed by atoms with Crippen LogP contribution in [0.3, 0.4) is 0 Å². The van der Waals surface area contributed by atoms with Crippen LogP contribution in [0.4, 0.5) is 0 Å². The van der Waals surface area contributed by atoms with Gasteiger partial charge in [-0.15, -0.1) is 0 Å². The largest absolute Gasteiger partial charge is 0.479 e. The van der Waals surface area contributed by atoms with Crippen molar-refractivity contribution >= 4 is 23.4 Å². The molecule has 21 heavy (non-hydrogen) atoms. The lowest BCUT2D eigenvalue weighted by Gasteiger charge is -2.05. The zero-order chi connectivity index (χ0) is 15.1. The van der Waals surface area contributed by atoms with Crippen LogP contribution in [-0.4, -0.2) is 36.4 Å². The first-order valence-corrected chi connectivity index (χ1v) is 6.90. The van der Waals surface area contributed by atoms with Crippen LogP contribution in [0.15, 0.2) is 6.33 Å². The Bertz CT molecular complexity index is 875. The second-order valence-corrected chi connectivity index (χ2v) is 5.26. The number of aromatic amines is 1. The fourth-order valence-corrected chi connectivity index (χ4v) is 2.70. The topological polar surface area (TPSA) is 73.6 Å². The number of nitrogens with zero attached hydrogens (tertiary/aromatic N) is 5. The Balaban J connectivity index is 2.17. The smallest absolute Gasteiger partial charge is 0.242 e. The average Bonchev–Trinajstić information content (AvgIpc) is 2.90. The third kappa shape index (κ3) is 2.11. The van der Waals surface area contributed by atoms with E-state index in [4.69, 9.17) is 17.0 Å². The summed E-state index contributed by atoms with van der Waals surface area (Å²) in [5, 5.41) is 4.44. The fourth-order valence-electron chi connectivity index (χ4n) is 2.45. The quantitative estimate of drug-likeness (QED) is 0.748. The molecule has 0 aliphatic rings. The van der Waals surface area contributed by atoms with Crippen molar-refractivity contribution in [3.8, 4) is 5.88 Å². The summed E-state index contributed by atoms with van der Waals surface area (Å²) in [5.74, 6) is 0.490. The van der Waals surface area contributed by atoms with Crippen molar-refractivity contribution in [1.29, 1.82) is 0 Å². The summed E-state index contributed by atoms with van der Waals surface area (Å²) in [6, 6.07) is 0. The molecular weight excluding hydrogens is 288 g/mol. The highest BCUT2D eigenvalue weighted by molar-refractivity contribution is 7.71. The Labute approximate surface area is 126 Å². The number of nitrogens with one attached hydrogen (secondary N) is 1. The first-order chi connectivity index (χ1) is 10.0. The molecule has 0 saturated heterocycles. The van der Waals surface area contributed by atoms with Gasteiger partial charge in [-0.05, 0) is 26.1 Å². The average molecular weight is 304 g/mol. The number of H-pyrrole nitrogens is 1. The summed E-state index contributed by atoms with van der Waals surface area (Å²) in [4.78, 5) is 11.5. The van der Waals surface area contributed by atoms with E-state index in [9.17, 15) is 0 Å². The molecule has 0 aliphatic carbocycles. The second kappa shape index (κ2) is 4.96. The standard InChI is InChI=1S/C13H16N6OS/c1-7-9(8(2)18(3)17-7)5-19-11-10(16-13(19)21)12(20-4)15-6-14-11/h6H,5H2,1-4H3,(H,16,21). The van der Waals surface area contributed by atoms with E-state index in [1.54, 1.807) is 7.11 Å². The van der Waals surface area contributed by atoms with Crippen molar-refractivity contribution < 1.29 is 4.74 Å². The molecule has 0 aliphatic heterocycles. The molecule has 0 atom stereocenters. The molecular formula is C13H16N6OS. The number of fused-ring (bicyclic) bond motifs is 1. The molecule has 0 unspecified atom stereocenters. The molecule has 0 amide bonds. The van der Waals surface area contributed by atoms with Gasteiger partial charge in [-0.2, -0.15) is 10.1 Å². The number of imidazole rings is 1. The van der Waals surface area contributed by atoms with E-state index < -0.39 is 0 Å². The Morgan fingerprint density at radius 2 is 2.10 bits per heavy atom. The maximum Gasteiger partial charge on any atom is 0.242 e. The van der Waals surface area contributed by atoms with E-state index in [0.29, 0.717) is 22.7 Å². The molecule has 0 fully saturated rings. The fraction of sp³-hybridized carbons (Fsp3) is 0.385. The van der Waals surface area contributed by atoms with Crippen molar-refractivity contribution in [3.05, 3.63) is 28.0 Å². The molecule has 3 aromatic heterocycles. The van der Waals surface area contributed by atoms with Gasteiger partial charge in [0.2, 0.25) is 5.88 Å². The predicted molar refractivity (Wildman–Crippen MR) is 81.0 cm³/mol. The number of hydrogen-bond donors (Lipinski definition) is 1. The molecule has 0 aromatic carbocycles. The first-order valence-electron chi connectivity index (χ1n) is 6.49. The minimum atomic E-state index is 0.490. The van der Waals surface area contributed by atoms with Gasteiger partial charge in [0.15, 0.2) is 10.4 Å². The van der Waals surface area contributed by atoms with E-state index in [1.165, 1.54) is 6.33 Å². The lowest BCUT2D eigenvalue weighted by molar-refractivity contribution is 0.401. The Hall–Kier alpha value is -2.22. The van der Waals surface area contributed by atoms with Gasteiger partial charge in [0.05, 0.1) is 19.3 Å².